The molecule has 1 saturated heterocycles. The smallest absolute Gasteiger partial charge is 0.324 e. The maximum Gasteiger partial charge on any atom is 0.325 e. The van der Waals surface area contributed by atoms with Gasteiger partial charge in [-0.25, -0.2) is 4.79 Å². The minimum absolute atomic E-state index is 0.253. The van der Waals surface area contributed by atoms with Crippen LogP contribution in [0.5, 0.6) is 0 Å². The molecule has 1 aliphatic heterocycles. The average molecular weight is 357 g/mol. The molecule has 0 unspecified atom stereocenters. The lowest BCUT2D eigenvalue weighted by Gasteiger charge is -2.34. The van der Waals surface area contributed by atoms with Crippen molar-refractivity contribution >= 4 is 23.5 Å². The minimum atomic E-state index is -0.803. The fourth-order valence-corrected chi connectivity index (χ4v) is 4.02. The molecule has 140 valence electrons. The van der Waals surface area contributed by atoms with Crippen LogP contribution >= 0.6 is 0 Å². The highest BCUT2D eigenvalue weighted by Gasteiger charge is 2.52. The number of anilines is 1. The fourth-order valence-electron chi connectivity index (χ4n) is 4.02. The van der Waals surface area contributed by atoms with E-state index in [9.17, 15) is 14.4 Å². The Bertz CT molecular complexity index is 736. The number of hydrogen-bond donors (Lipinski definition) is 2. The predicted octanol–water partition coefficient (Wildman–Crippen LogP) is 3.13. The summed E-state index contributed by atoms with van der Waals surface area (Å²) >= 11 is 0. The van der Waals surface area contributed by atoms with Crippen molar-refractivity contribution in [3.63, 3.8) is 0 Å². The zero-order valence-electron chi connectivity index (χ0n) is 15.7. The number of aryl methyl sites for hydroxylation is 2. The van der Waals surface area contributed by atoms with Gasteiger partial charge in [-0.05, 0) is 57.1 Å². The second kappa shape index (κ2) is 7.09. The molecule has 0 radical (unpaired) electrons. The van der Waals surface area contributed by atoms with Gasteiger partial charge in [0.25, 0.3) is 5.91 Å². The second-order valence-electron chi connectivity index (χ2n) is 7.62. The molecule has 1 aromatic carbocycles. The molecule has 2 N–H and O–H groups in total. The first kappa shape index (κ1) is 18.4. The lowest BCUT2D eigenvalue weighted by atomic mass is 9.75. The molecule has 2 fully saturated rings. The van der Waals surface area contributed by atoms with Gasteiger partial charge in [-0.15, -0.1) is 0 Å². The first-order chi connectivity index (χ1) is 12.3. The number of hydrogen-bond acceptors (Lipinski definition) is 3. The molecule has 0 bridgehead atoms. The highest BCUT2D eigenvalue weighted by atomic mass is 16.2. The summed E-state index contributed by atoms with van der Waals surface area (Å²) in [6, 6.07) is 5.27. The van der Waals surface area contributed by atoms with Gasteiger partial charge in [-0.3, -0.25) is 14.5 Å². The molecule has 6 nitrogen and oxygen atoms in total. The van der Waals surface area contributed by atoms with Crippen LogP contribution in [0.2, 0.25) is 0 Å². The van der Waals surface area contributed by atoms with Crippen LogP contribution < -0.4 is 10.6 Å². The molecule has 1 saturated carbocycles. The molecule has 1 spiro atoms. The highest BCUT2D eigenvalue weighted by molar-refractivity contribution is 6.10. The van der Waals surface area contributed by atoms with Crippen LogP contribution in [0, 0.1) is 19.8 Å². The largest absolute Gasteiger partial charge is 0.325 e. The van der Waals surface area contributed by atoms with Crippen LogP contribution in [0.1, 0.15) is 50.2 Å². The number of carbonyl (C=O) groups excluding carboxylic acids is 3. The van der Waals surface area contributed by atoms with E-state index in [1.54, 1.807) is 0 Å². The lowest BCUT2D eigenvalue weighted by Crippen LogP contribution is -2.49. The van der Waals surface area contributed by atoms with Gasteiger partial charge in [0.2, 0.25) is 5.91 Å². The normalized spacial score (nSPS) is 25.5. The Kier molecular flexibility index (Phi) is 5.03. The third kappa shape index (κ3) is 3.45. The van der Waals surface area contributed by atoms with Gasteiger partial charge in [-0.2, -0.15) is 0 Å². The fraction of sp³-hybridized carbons (Fsp3) is 0.550. The number of imide groups is 1. The van der Waals surface area contributed by atoms with E-state index in [2.05, 4.69) is 17.6 Å². The standard InChI is InChI=1S/C20H27N3O3/c1-4-15-7-9-20(10-8-15)18(25)23(19(26)22-20)12-17(24)21-16-6-5-13(2)11-14(16)3/h5-6,11,15H,4,7-10,12H2,1-3H3,(H,21,24)(H,22,26). The van der Waals surface area contributed by atoms with Crippen molar-refractivity contribution in [2.45, 2.75) is 58.4 Å². The molecule has 26 heavy (non-hydrogen) atoms. The Balaban J connectivity index is 1.65. The maximum atomic E-state index is 12.8. The Hall–Kier alpha value is -2.37. The van der Waals surface area contributed by atoms with Gasteiger partial charge in [0, 0.05) is 5.69 Å². The van der Waals surface area contributed by atoms with Gasteiger partial charge in [0.1, 0.15) is 12.1 Å². The predicted molar refractivity (Wildman–Crippen MR) is 99.8 cm³/mol. The molecule has 3 rings (SSSR count). The molecule has 0 atom stereocenters. The lowest BCUT2D eigenvalue weighted by molar-refractivity contribution is -0.135. The molecule has 6 heteroatoms. The van der Waals surface area contributed by atoms with Gasteiger partial charge < -0.3 is 10.6 Å². The van der Waals surface area contributed by atoms with E-state index in [4.69, 9.17) is 0 Å². The third-order valence-electron chi connectivity index (χ3n) is 5.74. The molecule has 2 aliphatic rings. The van der Waals surface area contributed by atoms with Crippen molar-refractivity contribution in [2.24, 2.45) is 5.92 Å². The molecule has 4 amide bonds. The zero-order chi connectivity index (χ0) is 18.9. The van der Waals surface area contributed by atoms with Gasteiger partial charge in [0.15, 0.2) is 0 Å². The Morgan fingerprint density at radius 3 is 2.58 bits per heavy atom. The summed E-state index contributed by atoms with van der Waals surface area (Å²) in [5.41, 5.74) is 1.96. The Morgan fingerprint density at radius 1 is 1.27 bits per heavy atom. The van der Waals surface area contributed by atoms with Crippen LogP contribution in [0.15, 0.2) is 18.2 Å². The van der Waals surface area contributed by atoms with Crippen molar-refractivity contribution in [2.75, 3.05) is 11.9 Å². The van der Waals surface area contributed by atoms with Crippen LogP contribution in [0.3, 0.4) is 0 Å². The number of urea groups is 1. The summed E-state index contributed by atoms with van der Waals surface area (Å²) in [6.45, 7) is 5.80. The van der Waals surface area contributed by atoms with Crippen molar-refractivity contribution in [3.05, 3.63) is 29.3 Å². The van der Waals surface area contributed by atoms with Crippen molar-refractivity contribution < 1.29 is 14.4 Å². The monoisotopic (exact) mass is 357 g/mol. The topological polar surface area (TPSA) is 78.5 Å². The van der Waals surface area contributed by atoms with Crippen LogP contribution in [-0.4, -0.2) is 34.8 Å². The van der Waals surface area contributed by atoms with Gasteiger partial charge in [0.05, 0.1) is 0 Å². The first-order valence-corrected chi connectivity index (χ1v) is 9.36. The van der Waals surface area contributed by atoms with Gasteiger partial charge in [-0.1, -0.05) is 31.0 Å². The summed E-state index contributed by atoms with van der Waals surface area (Å²) in [6.07, 6.45) is 4.28. The highest BCUT2D eigenvalue weighted by Crippen LogP contribution is 2.37. The summed E-state index contributed by atoms with van der Waals surface area (Å²) in [7, 11) is 0. The summed E-state index contributed by atoms with van der Waals surface area (Å²) in [4.78, 5) is 38.6. The van der Waals surface area contributed by atoms with E-state index in [1.165, 1.54) is 0 Å². The minimum Gasteiger partial charge on any atom is -0.324 e. The molecule has 1 aliphatic carbocycles. The van der Waals surface area contributed by atoms with E-state index in [0.717, 1.165) is 35.3 Å². The molecular formula is C20H27N3O3. The van der Waals surface area contributed by atoms with Crippen LogP contribution in [-0.2, 0) is 9.59 Å². The number of carbonyl (C=O) groups is 3. The SMILES string of the molecule is CCC1CCC2(CC1)NC(=O)N(CC(=O)Nc1ccc(C)cc1C)C2=O. The van der Waals surface area contributed by atoms with Gasteiger partial charge >= 0.3 is 6.03 Å². The van der Waals surface area contributed by atoms with E-state index < -0.39 is 11.6 Å². The van der Waals surface area contributed by atoms with Crippen molar-refractivity contribution in [1.29, 1.82) is 0 Å². The Morgan fingerprint density at radius 2 is 1.96 bits per heavy atom. The number of amides is 4. The van der Waals surface area contributed by atoms with E-state index in [1.807, 2.05) is 32.0 Å². The molecule has 0 aromatic heterocycles. The summed E-state index contributed by atoms with van der Waals surface area (Å²) < 4.78 is 0. The molecule has 1 aromatic rings. The maximum absolute atomic E-state index is 12.8. The quantitative estimate of drug-likeness (QED) is 0.813. The van der Waals surface area contributed by atoms with Crippen molar-refractivity contribution in [1.82, 2.24) is 10.2 Å². The number of rotatable bonds is 4. The van der Waals surface area contributed by atoms with E-state index in [0.29, 0.717) is 24.4 Å². The summed E-state index contributed by atoms with van der Waals surface area (Å²) in [5, 5.41) is 5.66. The second-order valence-corrected chi connectivity index (χ2v) is 7.62. The third-order valence-corrected chi connectivity index (χ3v) is 5.74. The van der Waals surface area contributed by atoms with Crippen LogP contribution in [0.4, 0.5) is 10.5 Å². The average Bonchev–Trinajstić information content (AvgIpc) is 2.82. The molecule has 1 heterocycles. The van der Waals surface area contributed by atoms with E-state index >= 15 is 0 Å². The van der Waals surface area contributed by atoms with Crippen molar-refractivity contribution in [3.8, 4) is 0 Å². The number of nitrogens with zero attached hydrogens (tertiary/aromatic N) is 1. The zero-order valence-corrected chi connectivity index (χ0v) is 15.7. The Labute approximate surface area is 154 Å². The first-order valence-electron chi connectivity index (χ1n) is 9.36. The molecular weight excluding hydrogens is 330 g/mol. The van der Waals surface area contributed by atoms with E-state index in [-0.39, 0.29) is 18.4 Å². The summed E-state index contributed by atoms with van der Waals surface area (Å²) in [5.74, 6) is -0.000216. The number of benzene rings is 1. The number of nitrogens with one attached hydrogen (secondary N) is 2. The van der Waals surface area contributed by atoms with Crippen LogP contribution in [0.25, 0.3) is 0 Å².